The van der Waals surface area contributed by atoms with E-state index in [9.17, 15) is 24.9 Å². The van der Waals surface area contributed by atoms with Gasteiger partial charge in [-0.15, -0.1) is 9.24 Å². The predicted molar refractivity (Wildman–Crippen MR) is 129 cm³/mol. The lowest BCUT2D eigenvalue weighted by Gasteiger charge is -2.46. The number of ether oxygens (including phenoxy) is 3. The van der Waals surface area contributed by atoms with Gasteiger partial charge in [0.05, 0.1) is 18.8 Å². The van der Waals surface area contributed by atoms with E-state index in [2.05, 4.69) is 36.6 Å². The van der Waals surface area contributed by atoms with E-state index in [1.54, 1.807) is 29.2 Å². The van der Waals surface area contributed by atoms with Crippen molar-refractivity contribution in [1.82, 2.24) is 0 Å². The molecular weight excluding hydrogens is 564 g/mol. The molecule has 9 nitrogen and oxygen atoms in total. The lowest BCUT2D eigenvalue weighted by atomic mass is 9.92. The van der Waals surface area contributed by atoms with Crippen molar-refractivity contribution in [2.75, 3.05) is 12.0 Å². The maximum absolute atomic E-state index is 12.5. The van der Waals surface area contributed by atoms with E-state index in [1.807, 2.05) is 24.3 Å². The van der Waals surface area contributed by atoms with E-state index >= 15 is 0 Å². The molecule has 0 saturated carbocycles. The molecule has 2 aromatic carbocycles. The summed E-state index contributed by atoms with van der Waals surface area (Å²) in [5, 5.41) is 30.3. The normalized spacial score (nSPS) is 31.6. The maximum Gasteiger partial charge on any atom is 0.337 e. The van der Waals surface area contributed by atoms with Gasteiger partial charge in [0.15, 0.2) is 6.10 Å². The third-order valence-corrected chi connectivity index (χ3v) is 7.09. The standard InChI is InChI=1S/C22H23INO8P/c1-30-21(29)18-16(26)15(25)17(27)22(32-18)31-13-8-2-10(3-9-13)14-19(33)20(28)24(14)12-6-4-11(23)5-7-12/h2-9,14-19,22,25-27H,33H2,1H3. The Morgan fingerprint density at radius 2 is 1.67 bits per heavy atom. The zero-order chi connectivity index (χ0) is 23.9. The number of esters is 1. The van der Waals surface area contributed by atoms with Gasteiger partial charge in [0.1, 0.15) is 24.1 Å². The second-order valence-corrected chi connectivity index (χ2v) is 9.73. The summed E-state index contributed by atoms with van der Waals surface area (Å²) in [7, 11) is 3.70. The van der Waals surface area contributed by atoms with Crippen LogP contribution in [0.3, 0.4) is 0 Å². The molecule has 4 rings (SSSR count). The van der Waals surface area contributed by atoms with Gasteiger partial charge in [-0.25, -0.2) is 4.79 Å². The van der Waals surface area contributed by atoms with Crippen LogP contribution in [0.4, 0.5) is 5.69 Å². The molecule has 0 aromatic heterocycles. The van der Waals surface area contributed by atoms with Crippen molar-refractivity contribution in [1.29, 1.82) is 0 Å². The molecule has 0 bridgehead atoms. The van der Waals surface area contributed by atoms with Crippen molar-refractivity contribution >= 4 is 49.4 Å². The van der Waals surface area contributed by atoms with Crippen molar-refractivity contribution < 1.29 is 39.1 Å². The summed E-state index contributed by atoms with van der Waals surface area (Å²) in [5.41, 5.74) is 1.43. The molecule has 2 fully saturated rings. The first-order chi connectivity index (χ1) is 15.7. The van der Waals surface area contributed by atoms with Crippen LogP contribution in [0.2, 0.25) is 0 Å². The van der Waals surface area contributed by atoms with Crippen LogP contribution in [0.25, 0.3) is 0 Å². The van der Waals surface area contributed by atoms with Crippen LogP contribution < -0.4 is 9.64 Å². The first kappa shape index (κ1) is 24.3. The average Bonchev–Trinajstić information content (AvgIpc) is 2.83. The Hall–Kier alpha value is -1.82. The Bertz CT molecular complexity index is 1020. The molecule has 2 aliphatic heterocycles. The summed E-state index contributed by atoms with van der Waals surface area (Å²) in [5.74, 6) is -0.581. The van der Waals surface area contributed by atoms with E-state index in [0.717, 1.165) is 21.9 Å². The number of carbonyl (C=O) groups is 2. The molecule has 2 aromatic rings. The fourth-order valence-electron chi connectivity index (χ4n) is 3.89. The topological polar surface area (TPSA) is 126 Å². The number of aliphatic hydroxyl groups excluding tert-OH is 3. The number of nitrogens with zero attached hydrogens (tertiary/aromatic N) is 1. The molecule has 8 atom stereocenters. The van der Waals surface area contributed by atoms with Crippen LogP contribution in [-0.2, 0) is 19.1 Å². The van der Waals surface area contributed by atoms with Gasteiger partial charge in [-0.05, 0) is 64.6 Å². The van der Waals surface area contributed by atoms with Crippen LogP contribution in [0.1, 0.15) is 11.6 Å². The molecule has 2 aliphatic rings. The Labute approximate surface area is 206 Å². The number of β-lactam (4-membered cyclic amide) rings is 1. The van der Waals surface area contributed by atoms with Gasteiger partial charge >= 0.3 is 5.97 Å². The molecule has 11 heteroatoms. The Balaban J connectivity index is 1.49. The smallest absolute Gasteiger partial charge is 0.337 e. The minimum atomic E-state index is -1.66. The highest BCUT2D eigenvalue weighted by atomic mass is 127. The minimum absolute atomic E-state index is 0.00617. The van der Waals surface area contributed by atoms with Crippen molar-refractivity contribution in [3.63, 3.8) is 0 Å². The van der Waals surface area contributed by atoms with Gasteiger partial charge < -0.3 is 34.4 Å². The number of carbonyl (C=O) groups excluding carboxylic acids is 2. The quantitative estimate of drug-likeness (QED) is 0.205. The molecule has 33 heavy (non-hydrogen) atoms. The molecule has 2 saturated heterocycles. The summed E-state index contributed by atoms with van der Waals surface area (Å²) in [6.07, 6.45) is -7.80. The van der Waals surface area contributed by atoms with E-state index in [1.165, 1.54) is 0 Å². The van der Waals surface area contributed by atoms with E-state index in [0.29, 0.717) is 5.75 Å². The number of rotatable bonds is 5. The van der Waals surface area contributed by atoms with Crippen LogP contribution in [0, 0.1) is 3.57 Å². The van der Waals surface area contributed by atoms with Gasteiger partial charge in [0, 0.05) is 9.26 Å². The minimum Gasteiger partial charge on any atom is -0.467 e. The number of benzene rings is 2. The summed E-state index contributed by atoms with van der Waals surface area (Å²) in [6, 6.07) is 14.4. The monoisotopic (exact) mass is 587 g/mol. The van der Waals surface area contributed by atoms with E-state index in [4.69, 9.17) is 9.47 Å². The highest BCUT2D eigenvalue weighted by Gasteiger charge is 2.49. The molecule has 176 valence electrons. The van der Waals surface area contributed by atoms with Crippen molar-refractivity contribution in [2.45, 2.75) is 42.4 Å². The molecule has 2 heterocycles. The van der Waals surface area contributed by atoms with Gasteiger partial charge in [-0.3, -0.25) is 4.79 Å². The zero-order valence-electron chi connectivity index (χ0n) is 17.4. The molecule has 0 radical (unpaired) electrons. The Morgan fingerprint density at radius 3 is 2.27 bits per heavy atom. The van der Waals surface area contributed by atoms with Gasteiger partial charge in [-0.2, -0.15) is 0 Å². The third kappa shape index (κ3) is 4.60. The number of aliphatic hydroxyl groups is 3. The lowest BCUT2D eigenvalue weighted by Crippen LogP contribution is -2.61. The fraction of sp³-hybridized carbons (Fsp3) is 0.364. The molecule has 8 unspecified atom stereocenters. The number of hydrogen-bond acceptors (Lipinski definition) is 8. The van der Waals surface area contributed by atoms with Crippen LogP contribution in [0.5, 0.6) is 5.75 Å². The van der Waals surface area contributed by atoms with Crippen LogP contribution in [-0.4, -0.2) is 70.7 Å². The third-order valence-electron chi connectivity index (χ3n) is 5.72. The van der Waals surface area contributed by atoms with Crippen LogP contribution >= 0.6 is 31.8 Å². The van der Waals surface area contributed by atoms with Crippen LogP contribution in [0.15, 0.2) is 48.5 Å². The molecule has 0 aliphatic carbocycles. The Kier molecular flexibility index (Phi) is 7.23. The largest absolute Gasteiger partial charge is 0.467 e. The highest BCUT2D eigenvalue weighted by Crippen LogP contribution is 2.43. The van der Waals surface area contributed by atoms with Crippen molar-refractivity contribution in [3.05, 3.63) is 57.7 Å². The maximum atomic E-state index is 12.5. The Morgan fingerprint density at radius 1 is 1.03 bits per heavy atom. The second-order valence-electron chi connectivity index (χ2n) is 7.76. The van der Waals surface area contributed by atoms with E-state index < -0.39 is 36.7 Å². The predicted octanol–water partition coefficient (Wildman–Crippen LogP) is 0.982. The summed E-state index contributed by atoms with van der Waals surface area (Å²) in [4.78, 5) is 26.1. The second kappa shape index (κ2) is 9.81. The highest BCUT2D eigenvalue weighted by molar-refractivity contribution is 14.1. The lowest BCUT2D eigenvalue weighted by molar-refractivity contribution is -0.271. The van der Waals surface area contributed by atoms with E-state index in [-0.39, 0.29) is 17.6 Å². The molecule has 1 amide bonds. The number of methoxy groups -OCH3 is 1. The van der Waals surface area contributed by atoms with Crippen molar-refractivity contribution in [3.8, 4) is 5.75 Å². The average molecular weight is 587 g/mol. The van der Waals surface area contributed by atoms with Gasteiger partial charge in [0.2, 0.25) is 12.2 Å². The first-order valence-corrected chi connectivity index (χ1v) is 11.9. The number of hydrogen-bond donors (Lipinski definition) is 3. The zero-order valence-corrected chi connectivity index (χ0v) is 20.8. The summed E-state index contributed by atoms with van der Waals surface area (Å²) in [6.45, 7) is 0. The SMILES string of the molecule is COC(=O)C1OC(Oc2ccc(C3C(P)C(=O)N3c3ccc(I)cc3)cc2)C(O)C(O)C1O. The number of anilines is 1. The number of halogens is 1. The van der Waals surface area contributed by atoms with Gasteiger partial charge in [-0.1, -0.05) is 12.1 Å². The first-order valence-electron chi connectivity index (χ1n) is 10.1. The van der Waals surface area contributed by atoms with Gasteiger partial charge in [0.25, 0.3) is 0 Å². The molecule has 0 spiro atoms. The molecule has 3 N–H and O–H groups in total. The summed E-state index contributed by atoms with van der Waals surface area (Å²) < 4.78 is 16.6. The number of amides is 1. The fourth-order valence-corrected chi connectivity index (χ4v) is 4.81. The summed E-state index contributed by atoms with van der Waals surface area (Å²) >= 11 is 2.21. The van der Waals surface area contributed by atoms with Crippen molar-refractivity contribution in [2.24, 2.45) is 0 Å². The molecular formula is C22H23INO8P.